The van der Waals surface area contributed by atoms with Crippen LogP contribution in [0.25, 0.3) is 0 Å². The number of carbonyl (C=O) groups excluding carboxylic acids is 1. The van der Waals surface area contributed by atoms with Gasteiger partial charge in [-0.15, -0.1) is 0 Å². The van der Waals surface area contributed by atoms with Gasteiger partial charge in [0.2, 0.25) is 0 Å². The highest BCUT2D eigenvalue weighted by Crippen LogP contribution is 2.13. The van der Waals surface area contributed by atoms with Gasteiger partial charge in [0.1, 0.15) is 0 Å². The van der Waals surface area contributed by atoms with E-state index < -0.39 is 0 Å². The second-order valence-electron chi connectivity index (χ2n) is 3.96. The second kappa shape index (κ2) is 5.65. The second-order valence-corrected chi connectivity index (χ2v) is 4.37. The molecular weight excluding hydrogens is 248 g/mol. The van der Waals surface area contributed by atoms with Gasteiger partial charge in [0.05, 0.1) is 10.6 Å². The zero-order valence-electron chi connectivity index (χ0n) is 9.98. The van der Waals surface area contributed by atoms with E-state index in [1.807, 2.05) is 31.2 Å². The van der Waals surface area contributed by atoms with Crippen LogP contribution >= 0.6 is 11.6 Å². The maximum Gasteiger partial charge on any atom is 0.253 e. The van der Waals surface area contributed by atoms with Gasteiger partial charge in [-0.25, -0.2) is 0 Å². The van der Waals surface area contributed by atoms with Crippen molar-refractivity contribution in [3.63, 3.8) is 0 Å². The first-order chi connectivity index (χ1) is 8.68. The molecule has 0 aliphatic carbocycles. The fourth-order valence-corrected chi connectivity index (χ4v) is 1.84. The number of carbonyl (C=O) groups is 1. The molecular formula is C14H13ClN2O. The summed E-state index contributed by atoms with van der Waals surface area (Å²) in [5.74, 6) is -0.189. The minimum absolute atomic E-state index is 0.189. The lowest BCUT2D eigenvalue weighted by molar-refractivity contribution is 0.0951. The number of nitrogens with one attached hydrogen (secondary N) is 1. The molecule has 1 amide bonds. The summed E-state index contributed by atoms with van der Waals surface area (Å²) in [5, 5.41) is 3.21. The number of hydrogen-bond acceptors (Lipinski definition) is 2. The molecule has 18 heavy (non-hydrogen) atoms. The molecule has 2 aromatic rings. The van der Waals surface area contributed by atoms with Crippen molar-refractivity contribution in [1.82, 2.24) is 10.3 Å². The zero-order chi connectivity index (χ0) is 13.0. The van der Waals surface area contributed by atoms with Crippen LogP contribution in [0.3, 0.4) is 0 Å². The van der Waals surface area contributed by atoms with Crippen molar-refractivity contribution < 1.29 is 4.79 Å². The van der Waals surface area contributed by atoms with Gasteiger partial charge < -0.3 is 5.32 Å². The van der Waals surface area contributed by atoms with Crippen LogP contribution in [-0.4, -0.2) is 10.9 Å². The number of halogens is 1. The third kappa shape index (κ3) is 2.87. The minimum Gasteiger partial charge on any atom is -0.348 e. The molecule has 0 aliphatic rings. The van der Waals surface area contributed by atoms with Crippen molar-refractivity contribution in [1.29, 1.82) is 0 Å². The third-order valence-corrected chi connectivity index (χ3v) is 3.02. The lowest BCUT2D eigenvalue weighted by Crippen LogP contribution is -2.23. The highest BCUT2D eigenvalue weighted by Gasteiger charge is 2.09. The van der Waals surface area contributed by atoms with Gasteiger partial charge >= 0.3 is 0 Å². The summed E-state index contributed by atoms with van der Waals surface area (Å²) >= 11 is 5.91. The summed E-state index contributed by atoms with van der Waals surface area (Å²) in [7, 11) is 0. The van der Waals surface area contributed by atoms with Crippen LogP contribution < -0.4 is 5.32 Å². The molecule has 4 heteroatoms. The van der Waals surface area contributed by atoms with E-state index in [9.17, 15) is 4.79 Å². The van der Waals surface area contributed by atoms with Crippen LogP contribution in [0.1, 0.15) is 21.5 Å². The van der Waals surface area contributed by atoms with E-state index in [4.69, 9.17) is 11.6 Å². The molecule has 1 N–H and O–H groups in total. The first-order valence-electron chi connectivity index (χ1n) is 5.60. The van der Waals surface area contributed by atoms with Gasteiger partial charge in [-0.3, -0.25) is 9.78 Å². The molecule has 3 nitrogen and oxygen atoms in total. The smallest absolute Gasteiger partial charge is 0.253 e. The molecule has 0 fully saturated rings. The normalized spacial score (nSPS) is 10.1. The fourth-order valence-electron chi connectivity index (χ4n) is 1.64. The standard InChI is InChI=1S/C14H13ClN2O/c1-10-4-2-3-5-11(10)8-17-14(18)12-6-7-16-9-13(12)15/h2-7,9H,8H2,1H3,(H,17,18). The first kappa shape index (κ1) is 12.6. The van der Waals surface area contributed by atoms with Crippen molar-refractivity contribution in [2.24, 2.45) is 0 Å². The van der Waals surface area contributed by atoms with E-state index in [1.165, 1.54) is 6.20 Å². The molecule has 1 aromatic carbocycles. The van der Waals surface area contributed by atoms with Crippen molar-refractivity contribution in [3.8, 4) is 0 Å². The lowest BCUT2D eigenvalue weighted by atomic mass is 10.1. The Hall–Kier alpha value is -1.87. The van der Waals surface area contributed by atoms with E-state index in [-0.39, 0.29) is 5.91 Å². The fraction of sp³-hybridized carbons (Fsp3) is 0.143. The molecule has 0 spiro atoms. The Kier molecular flexibility index (Phi) is 3.95. The number of hydrogen-bond donors (Lipinski definition) is 1. The van der Waals surface area contributed by atoms with Crippen LogP contribution in [0.15, 0.2) is 42.7 Å². The van der Waals surface area contributed by atoms with Gasteiger partial charge in [0.15, 0.2) is 0 Å². The summed E-state index contributed by atoms with van der Waals surface area (Å²) in [6, 6.07) is 9.54. The first-order valence-corrected chi connectivity index (χ1v) is 5.98. The van der Waals surface area contributed by atoms with Crippen molar-refractivity contribution in [2.45, 2.75) is 13.5 Å². The van der Waals surface area contributed by atoms with Gasteiger partial charge in [0.25, 0.3) is 5.91 Å². The van der Waals surface area contributed by atoms with E-state index in [0.29, 0.717) is 17.1 Å². The predicted octanol–water partition coefficient (Wildman–Crippen LogP) is 2.97. The van der Waals surface area contributed by atoms with E-state index in [1.54, 1.807) is 12.3 Å². The average molecular weight is 261 g/mol. The highest BCUT2D eigenvalue weighted by atomic mass is 35.5. The van der Waals surface area contributed by atoms with Crippen LogP contribution in [0, 0.1) is 6.92 Å². The summed E-state index contributed by atoms with van der Waals surface area (Å²) < 4.78 is 0. The maximum absolute atomic E-state index is 11.9. The maximum atomic E-state index is 11.9. The average Bonchev–Trinajstić information content (AvgIpc) is 2.38. The molecule has 92 valence electrons. The molecule has 1 aromatic heterocycles. The van der Waals surface area contributed by atoms with Crippen molar-refractivity contribution >= 4 is 17.5 Å². The molecule has 2 rings (SSSR count). The summed E-state index contributed by atoms with van der Waals surface area (Å²) in [4.78, 5) is 15.8. The Morgan fingerprint density at radius 3 is 2.83 bits per heavy atom. The number of aromatic nitrogens is 1. The molecule has 0 aliphatic heterocycles. The molecule has 1 heterocycles. The number of amides is 1. The Balaban J connectivity index is 2.06. The number of rotatable bonds is 3. The monoisotopic (exact) mass is 260 g/mol. The van der Waals surface area contributed by atoms with E-state index in [2.05, 4.69) is 10.3 Å². The van der Waals surface area contributed by atoms with Crippen LogP contribution in [0.5, 0.6) is 0 Å². The lowest BCUT2D eigenvalue weighted by Gasteiger charge is -2.08. The van der Waals surface area contributed by atoms with E-state index in [0.717, 1.165) is 11.1 Å². The van der Waals surface area contributed by atoms with E-state index >= 15 is 0 Å². The SMILES string of the molecule is Cc1ccccc1CNC(=O)c1ccncc1Cl. The molecule has 0 radical (unpaired) electrons. The Labute approximate surface area is 111 Å². The largest absolute Gasteiger partial charge is 0.348 e. The Bertz CT molecular complexity index is 569. The van der Waals surface area contributed by atoms with Crippen LogP contribution in [0.4, 0.5) is 0 Å². The molecule has 0 unspecified atom stereocenters. The Morgan fingerprint density at radius 2 is 2.11 bits per heavy atom. The molecule has 0 saturated heterocycles. The van der Waals surface area contributed by atoms with Gasteiger partial charge in [-0.2, -0.15) is 0 Å². The molecule has 0 bridgehead atoms. The highest BCUT2D eigenvalue weighted by molar-refractivity contribution is 6.33. The zero-order valence-corrected chi connectivity index (χ0v) is 10.7. The van der Waals surface area contributed by atoms with Gasteiger partial charge in [-0.05, 0) is 24.1 Å². The van der Waals surface area contributed by atoms with Gasteiger partial charge in [-0.1, -0.05) is 35.9 Å². The quantitative estimate of drug-likeness (QED) is 0.922. The summed E-state index contributed by atoms with van der Waals surface area (Å²) in [6.45, 7) is 2.51. The summed E-state index contributed by atoms with van der Waals surface area (Å²) in [6.07, 6.45) is 3.01. The number of aryl methyl sites for hydroxylation is 1. The number of benzene rings is 1. The summed E-state index contributed by atoms with van der Waals surface area (Å²) in [5.41, 5.74) is 2.69. The number of pyridine rings is 1. The van der Waals surface area contributed by atoms with Crippen molar-refractivity contribution in [3.05, 3.63) is 64.4 Å². The van der Waals surface area contributed by atoms with Crippen LogP contribution in [-0.2, 0) is 6.54 Å². The topological polar surface area (TPSA) is 42.0 Å². The van der Waals surface area contributed by atoms with Gasteiger partial charge in [0, 0.05) is 18.9 Å². The number of nitrogens with zero attached hydrogens (tertiary/aromatic N) is 1. The molecule has 0 saturated carbocycles. The Morgan fingerprint density at radius 1 is 1.33 bits per heavy atom. The van der Waals surface area contributed by atoms with Crippen molar-refractivity contribution in [2.75, 3.05) is 0 Å². The minimum atomic E-state index is -0.189. The molecule has 0 atom stereocenters. The van der Waals surface area contributed by atoms with Crippen LogP contribution in [0.2, 0.25) is 5.02 Å². The predicted molar refractivity (Wildman–Crippen MR) is 71.6 cm³/mol. The third-order valence-electron chi connectivity index (χ3n) is 2.72.